The van der Waals surface area contributed by atoms with E-state index in [4.69, 9.17) is 4.74 Å². The maximum absolute atomic E-state index is 11.2. The van der Waals surface area contributed by atoms with Crippen molar-refractivity contribution < 1.29 is 14.3 Å². The number of esters is 1. The zero-order valence-electron chi connectivity index (χ0n) is 8.34. The van der Waals surface area contributed by atoms with Gasteiger partial charge >= 0.3 is 5.97 Å². The highest BCUT2D eigenvalue weighted by Crippen LogP contribution is 2.05. The fourth-order valence-electron chi connectivity index (χ4n) is 0.850. The molecule has 0 aliphatic carbocycles. The Morgan fingerprint density at radius 2 is 2.08 bits per heavy atom. The molecule has 3 nitrogen and oxygen atoms in total. The van der Waals surface area contributed by atoms with E-state index in [1.165, 1.54) is 0 Å². The lowest BCUT2D eigenvalue weighted by Gasteiger charge is -2.08. The van der Waals surface area contributed by atoms with E-state index in [1.807, 2.05) is 6.92 Å². The van der Waals surface area contributed by atoms with Gasteiger partial charge in [0.2, 0.25) is 0 Å². The standard InChI is InChI=1S/C10H17O3/c1-4-6-9(11)8(3)10(12)13-7-5-2/h8H,1,4-7H2,2-3H3. The third-order valence-electron chi connectivity index (χ3n) is 1.71. The van der Waals surface area contributed by atoms with E-state index in [0.717, 1.165) is 6.42 Å². The van der Waals surface area contributed by atoms with E-state index in [-0.39, 0.29) is 5.78 Å². The summed E-state index contributed by atoms with van der Waals surface area (Å²) in [5.41, 5.74) is 0. The molecule has 0 heterocycles. The third kappa shape index (κ3) is 4.65. The maximum Gasteiger partial charge on any atom is 0.316 e. The van der Waals surface area contributed by atoms with Crippen LogP contribution >= 0.6 is 0 Å². The summed E-state index contributed by atoms with van der Waals surface area (Å²) < 4.78 is 4.84. The van der Waals surface area contributed by atoms with Crippen LogP contribution in [0, 0.1) is 12.8 Å². The lowest BCUT2D eigenvalue weighted by atomic mass is 10.0. The molecule has 0 spiro atoms. The number of carbonyl (C=O) groups is 2. The summed E-state index contributed by atoms with van der Waals surface area (Å²) in [5.74, 6) is -1.13. The van der Waals surface area contributed by atoms with E-state index in [1.54, 1.807) is 6.92 Å². The number of hydrogen-bond acceptors (Lipinski definition) is 3. The molecule has 0 bridgehead atoms. The summed E-state index contributed by atoms with van der Waals surface area (Å²) >= 11 is 0. The molecular formula is C10H17O3. The zero-order valence-corrected chi connectivity index (χ0v) is 8.34. The van der Waals surface area contributed by atoms with Gasteiger partial charge in [-0.3, -0.25) is 9.59 Å². The van der Waals surface area contributed by atoms with Crippen LogP contribution in [0.3, 0.4) is 0 Å². The first-order chi connectivity index (χ1) is 6.13. The molecule has 0 saturated heterocycles. The molecule has 0 amide bonds. The van der Waals surface area contributed by atoms with Gasteiger partial charge in [-0.05, 0) is 19.8 Å². The summed E-state index contributed by atoms with van der Waals surface area (Å²) in [6.45, 7) is 7.44. The Balaban J connectivity index is 3.87. The van der Waals surface area contributed by atoms with Crippen LogP contribution in [0.2, 0.25) is 0 Å². The predicted octanol–water partition coefficient (Wildman–Crippen LogP) is 1.76. The number of ketones is 1. The zero-order chi connectivity index (χ0) is 10.3. The molecule has 0 aromatic heterocycles. The van der Waals surface area contributed by atoms with E-state index >= 15 is 0 Å². The predicted molar refractivity (Wildman–Crippen MR) is 50.0 cm³/mol. The summed E-state index contributed by atoms with van der Waals surface area (Å²) in [4.78, 5) is 22.4. The first-order valence-electron chi connectivity index (χ1n) is 4.62. The number of rotatable bonds is 6. The second kappa shape index (κ2) is 6.63. The highest BCUT2D eigenvalue weighted by molar-refractivity contribution is 5.98. The van der Waals surface area contributed by atoms with E-state index < -0.39 is 11.9 Å². The molecule has 75 valence electrons. The highest BCUT2D eigenvalue weighted by atomic mass is 16.5. The van der Waals surface area contributed by atoms with Crippen LogP contribution < -0.4 is 0 Å². The van der Waals surface area contributed by atoms with Gasteiger partial charge < -0.3 is 4.74 Å². The maximum atomic E-state index is 11.2. The average Bonchev–Trinajstić information content (AvgIpc) is 2.13. The number of carbonyl (C=O) groups excluding carboxylic acids is 2. The van der Waals surface area contributed by atoms with Crippen molar-refractivity contribution in [2.45, 2.75) is 33.1 Å². The Morgan fingerprint density at radius 3 is 2.54 bits per heavy atom. The minimum absolute atomic E-state index is 0.0869. The van der Waals surface area contributed by atoms with Crippen molar-refractivity contribution in [1.29, 1.82) is 0 Å². The molecule has 0 rings (SSSR count). The lowest BCUT2D eigenvalue weighted by molar-refractivity contribution is -0.151. The molecule has 1 radical (unpaired) electrons. The fraction of sp³-hybridized carbons (Fsp3) is 0.700. The first kappa shape index (κ1) is 12.1. The van der Waals surface area contributed by atoms with Gasteiger partial charge in [-0.15, -0.1) is 0 Å². The van der Waals surface area contributed by atoms with E-state index in [2.05, 4.69) is 6.92 Å². The third-order valence-corrected chi connectivity index (χ3v) is 1.71. The molecule has 0 N–H and O–H groups in total. The monoisotopic (exact) mass is 185 g/mol. The van der Waals surface area contributed by atoms with Crippen molar-refractivity contribution in [2.75, 3.05) is 6.61 Å². The van der Waals surface area contributed by atoms with Gasteiger partial charge in [0, 0.05) is 6.42 Å². The Bertz CT molecular complexity index is 175. The van der Waals surface area contributed by atoms with Crippen LogP contribution in [0.1, 0.15) is 33.1 Å². The molecule has 0 fully saturated rings. The largest absolute Gasteiger partial charge is 0.465 e. The minimum atomic E-state index is -0.631. The average molecular weight is 185 g/mol. The number of hydrogen-bond donors (Lipinski definition) is 0. The molecule has 0 aliphatic heterocycles. The van der Waals surface area contributed by atoms with Crippen LogP contribution in [0.5, 0.6) is 0 Å². The molecular weight excluding hydrogens is 168 g/mol. The Morgan fingerprint density at radius 1 is 1.46 bits per heavy atom. The van der Waals surface area contributed by atoms with Crippen LogP contribution in [0.4, 0.5) is 0 Å². The summed E-state index contributed by atoms with van der Waals surface area (Å²) in [7, 11) is 0. The quantitative estimate of drug-likeness (QED) is 0.468. The molecule has 3 heteroatoms. The van der Waals surface area contributed by atoms with Crippen molar-refractivity contribution in [3.8, 4) is 0 Å². The van der Waals surface area contributed by atoms with Gasteiger partial charge in [-0.2, -0.15) is 0 Å². The van der Waals surface area contributed by atoms with Gasteiger partial charge in [0.15, 0.2) is 0 Å². The Hall–Kier alpha value is -0.860. The van der Waals surface area contributed by atoms with Crippen LogP contribution in [0.15, 0.2) is 0 Å². The van der Waals surface area contributed by atoms with Crippen molar-refractivity contribution in [1.82, 2.24) is 0 Å². The first-order valence-corrected chi connectivity index (χ1v) is 4.62. The van der Waals surface area contributed by atoms with Crippen molar-refractivity contribution in [3.63, 3.8) is 0 Å². The summed E-state index contributed by atoms with van der Waals surface area (Å²) in [6, 6.07) is 0. The normalized spacial score (nSPS) is 12.2. The molecule has 0 saturated carbocycles. The van der Waals surface area contributed by atoms with Gasteiger partial charge in [0.05, 0.1) is 6.61 Å². The van der Waals surface area contributed by atoms with Gasteiger partial charge in [-0.25, -0.2) is 0 Å². The minimum Gasteiger partial charge on any atom is -0.465 e. The molecule has 0 aromatic carbocycles. The summed E-state index contributed by atoms with van der Waals surface area (Å²) in [6.07, 6.45) is 1.66. The Labute approximate surface area is 79.5 Å². The van der Waals surface area contributed by atoms with Crippen LogP contribution in [-0.4, -0.2) is 18.4 Å². The molecule has 13 heavy (non-hydrogen) atoms. The fourth-order valence-corrected chi connectivity index (χ4v) is 0.850. The molecule has 1 atom stereocenters. The number of ether oxygens (including phenoxy) is 1. The van der Waals surface area contributed by atoms with Gasteiger partial charge in [0.1, 0.15) is 11.7 Å². The van der Waals surface area contributed by atoms with Gasteiger partial charge in [0.25, 0.3) is 0 Å². The number of Topliss-reactive ketones (excluding diaryl/α,β-unsaturated/α-hetero) is 1. The van der Waals surface area contributed by atoms with Crippen LogP contribution in [-0.2, 0) is 14.3 Å². The van der Waals surface area contributed by atoms with E-state index in [0.29, 0.717) is 19.4 Å². The Kier molecular flexibility index (Phi) is 6.20. The van der Waals surface area contributed by atoms with Gasteiger partial charge in [-0.1, -0.05) is 13.8 Å². The molecule has 1 unspecified atom stereocenters. The van der Waals surface area contributed by atoms with Crippen molar-refractivity contribution >= 4 is 11.8 Å². The highest BCUT2D eigenvalue weighted by Gasteiger charge is 2.21. The second-order valence-electron chi connectivity index (χ2n) is 2.96. The molecule has 0 aliphatic rings. The van der Waals surface area contributed by atoms with Crippen molar-refractivity contribution in [2.24, 2.45) is 5.92 Å². The molecule has 0 aromatic rings. The van der Waals surface area contributed by atoms with Crippen LogP contribution in [0.25, 0.3) is 0 Å². The second-order valence-corrected chi connectivity index (χ2v) is 2.96. The SMILES string of the molecule is [CH2]CCC(=O)C(C)C(=O)OCCC. The smallest absolute Gasteiger partial charge is 0.316 e. The lowest BCUT2D eigenvalue weighted by Crippen LogP contribution is -2.23. The van der Waals surface area contributed by atoms with Crippen molar-refractivity contribution in [3.05, 3.63) is 6.92 Å². The van der Waals surface area contributed by atoms with E-state index in [9.17, 15) is 9.59 Å². The topological polar surface area (TPSA) is 43.4 Å². The summed E-state index contributed by atoms with van der Waals surface area (Å²) in [5, 5.41) is 0.